The van der Waals surface area contributed by atoms with Crippen LogP contribution in [0.25, 0.3) is 0 Å². The van der Waals surface area contributed by atoms with Gasteiger partial charge in [0, 0.05) is 24.2 Å². The number of halogens is 1. The van der Waals surface area contributed by atoms with Crippen LogP contribution in [0.2, 0.25) is 0 Å². The Hall–Kier alpha value is -2.27. The number of benzene rings is 1. The topological polar surface area (TPSA) is 42.4 Å². The van der Waals surface area contributed by atoms with Crippen LogP contribution in [0.3, 0.4) is 0 Å². The SMILES string of the molecule is O=C(c1ccc(F)cc1)C1CCN(CCCOc2cccnc2)CC1. The molecule has 1 saturated heterocycles. The van der Waals surface area contributed by atoms with Crippen molar-refractivity contribution in [3.63, 3.8) is 0 Å². The lowest BCUT2D eigenvalue weighted by atomic mass is 9.89. The van der Waals surface area contributed by atoms with Gasteiger partial charge in [-0.1, -0.05) is 0 Å². The Balaban J connectivity index is 1.37. The predicted octanol–water partition coefficient (Wildman–Crippen LogP) is 3.58. The number of hydrogen-bond donors (Lipinski definition) is 0. The van der Waals surface area contributed by atoms with Gasteiger partial charge in [0.15, 0.2) is 5.78 Å². The van der Waals surface area contributed by atoms with Crippen molar-refractivity contribution in [1.29, 1.82) is 0 Å². The summed E-state index contributed by atoms with van der Waals surface area (Å²) < 4.78 is 18.6. The van der Waals surface area contributed by atoms with Gasteiger partial charge in [0.05, 0.1) is 12.8 Å². The Labute approximate surface area is 147 Å². The van der Waals surface area contributed by atoms with Crippen LogP contribution in [0.5, 0.6) is 5.75 Å². The molecular formula is C20H23FN2O2. The molecule has 1 aliphatic heterocycles. The largest absolute Gasteiger partial charge is 0.492 e. The first-order valence-corrected chi connectivity index (χ1v) is 8.77. The van der Waals surface area contributed by atoms with Crippen LogP contribution in [0, 0.1) is 11.7 Å². The van der Waals surface area contributed by atoms with Crippen LogP contribution in [-0.2, 0) is 0 Å². The number of likely N-dealkylation sites (tertiary alicyclic amines) is 1. The molecule has 0 saturated carbocycles. The van der Waals surface area contributed by atoms with Gasteiger partial charge in [-0.2, -0.15) is 0 Å². The molecule has 4 nitrogen and oxygen atoms in total. The van der Waals surface area contributed by atoms with Gasteiger partial charge in [-0.15, -0.1) is 0 Å². The maximum absolute atomic E-state index is 13.0. The van der Waals surface area contributed by atoms with E-state index in [0.717, 1.165) is 44.6 Å². The second-order valence-electron chi connectivity index (χ2n) is 6.38. The van der Waals surface area contributed by atoms with Crippen LogP contribution < -0.4 is 4.74 Å². The van der Waals surface area contributed by atoms with Gasteiger partial charge >= 0.3 is 0 Å². The van der Waals surface area contributed by atoms with E-state index in [1.807, 2.05) is 12.1 Å². The highest BCUT2D eigenvalue weighted by molar-refractivity contribution is 5.97. The fraction of sp³-hybridized carbons (Fsp3) is 0.400. The van der Waals surface area contributed by atoms with Crippen LogP contribution in [0.4, 0.5) is 4.39 Å². The van der Waals surface area contributed by atoms with E-state index < -0.39 is 0 Å². The van der Waals surface area contributed by atoms with E-state index in [9.17, 15) is 9.18 Å². The third kappa shape index (κ3) is 5.10. The number of nitrogens with zero attached hydrogens (tertiary/aromatic N) is 2. The van der Waals surface area contributed by atoms with Crippen molar-refractivity contribution in [1.82, 2.24) is 9.88 Å². The van der Waals surface area contributed by atoms with Crippen molar-refractivity contribution < 1.29 is 13.9 Å². The van der Waals surface area contributed by atoms with Crippen LogP contribution in [0.15, 0.2) is 48.8 Å². The third-order valence-electron chi connectivity index (χ3n) is 4.61. The zero-order valence-electron chi connectivity index (χ0n) is 14.2. The Morgan fingerprint density at radius 3 is 2.64 bits per heavy atom. The molecule has 0 unspecified atom stereocenters. The van der Waals surface area contributed by atoms with Crippen LogP contribution >= 0.6 is 0 Å². The second kappa shape index (κ2) is 8.72. The van der Waals surface area contributed by atoms with Crippen molar-refractivity contribution in [2.75, 3.05) is 26.2 Å². The molecule has 3 rings (SSSR count). The summed E-state index contributed by atoms with van der Waals surface area (Å²) in [6.07, 6.45) is 6.11. The van der Waals surface area contributed by atoms with Gasteiger partial charge in [0.25, 0.3) is 0 Å². The van der Waals surface area contributed by atoms with E-state index in [-0.39, 0.29) is 17.5 Å². The van der Waals surface area contributed by atoms with Crippen LogP contribution in [0.1, 0.15) is 29.6 Å². The summed E-state index contributed by atoms with van der Waals surface area (Å²) in [5.41, 5.74) is 0.615. The fourth-order valence-electron chi connectivity index (χ4n) is 3.18. The smallest absolute Gasteiger partial charge is 0.166 e. The van der Waals surface area contributed by atoms with E-state index in [4.69, 9.17) is 4.74 Å². The number of hydrogen-bond acceptors (Lipinski definition) is 4. The molecule has 5 heteroatoms. The van der Waals surface area contributed by atoms with Gasteiger partial charge in [-0.25, -0.2) is 4.39 Å². The summed E-state index contributed by atoms with van der Waals surface area (Å²) in [5.74, 6) is 0.680. The lowest BCUT2D eigenvalue weighted by molar-refractivity contribution is 0.0835. The van der Waals surface area contributed by atoms with Crippen molar-refractivity contribution in [2.24, 2.45) is 5.92 Å². The van der Waals surface area contributed by atoms with Gasteiger partial charge in [0.2, 0.25) is 0 Å². The van der Waals surface area contributed by atoms with E-state index in [1.165, 1.54) is 12.1 Å². The average Bonchev–Trinajstić information content (AvgIpc) is 2.67. The van der Waals surface area contributed by atoms with Crippen LogP contribution in [-0.4, -0.2) is 41.9 Å². The second-order valence-corrected chi connectivity index (χ2v) is 6.38. The van der Waals surface area contributed by atoms with E-state index in [1.54, 1.807) is 24.5 Å². The fourth-order valence-corrected chi connectivity index (χ4v) is 3.18. The number of pyridine rings is 1. The number of rotatable bonds is 7. The minimum atomic E-state index is -0.306. The number of aromatic nitrogens is 1. The first kappa shape index (κ1) is 17.5. The molecule has 1 aliphatic rings. The highest BCUT2D eigenvalue weighted by Gasteiger charge is 2.25. The molecule has 0 N–H and O–H groups in total. The first-order valence-electron chi connectivity index (χ1n) is 8.77. The molecule has 1 fully saturated rings. The third-order valence-corrected chi connectivity index (χ3v) is 4.61. The maximum Gasteiger partial charge on any atom is 0.166 e. The molecule has 132 valence electrons. The standard InChI is InChI=1S/C20H23FN2O2/c21-18-6-4-16(5-7-18)20(24)17-8-12-23(13-9-17)11-2-14-25-19-3-1-10-22-15-19/h1,3-7,10,15,17H,2,8-9,11-14H2. The highest BCUT2D eigenvalue weighted by atomic mass is 19.1. The molecule has 0 atom stereocenters. The highest BCUT2D eigenvalue weighted by Crippen LogP contribution is 2.22. The minimum absolute atomic E-state index is 0.0494. The quantitative estimate of drug-likeness (QED) is 0.570. The lowest BCUT2D eigenvalue weighted by Crippen LogP contribution is -2.37. The molecule has 1 aromatic heterocycles. The zero-order valence-corrected chi connectivity index (χ0v) is 14.2. The molecule has 0 radical (unpaired) electrons. The van der Waals surface area contributed by atoms with Gasteiger partial charge in [-0.3, -0.25) is 9.78 Å². The van der Waals surface area contributed by atoms with Crippen molar-refractivity contribution in [2.45, 2.75) is 19.3 Å². The Morgan fingerprint density at radius 1 is 1.20 bits per heavy atom. The Bertz CT molecular complexity index is 668. The number of ether oxygens (including phenoxy) is 1. The van der Waals surface area contributed by atoms with Gasteiger partial charge in [-0.05, 0) is 68.8 Å². The Kier molecular flexibility index (Phi) is 6.12. The maximum atomic E-state index is 13.0. The predicted molar refractivity (Wildman–Crippen MR) is 94.2 cm³/mol. The molecular weight excluding hydrogens is 319 g/mol. The summed E-state index contributed by atoms with van der Waals surface area (Å²) in [6.45, 7) is 3.48. The minimum Gasteiger partial charge on any atom is -0.492 e. The number of piperidine rings is 1. The molecule has 1 aromatic carbocycles. The van der Waals surface area contributed by atoms with E-state index >= 15 is 0 Å². The molecule has 2 heterocycles. The summed E-state index contributed by atoms with van der Waals surface area (Å²) in [6, 6.07) is 9.63. The van der Waals surface area contributed by atoms with Crippen molar-refractivity contribution >= 4 is 5.78 Å². The Morgan fingerprint density at radius 2 is 1.96 bits per heavy atom. The average molecular weight is 342 g/mol. The van der Waals surface area contributed by atoms with Gasteiger partial charge in [0.1, 0.15) is 11.6 Å². The first-order chi connectivity index (χ1) is 12.2. The summed E-state index contributed by atoms with van der Waals surface area (Å²) in [7, 11) is 0. The van der Waals surface area contributed by atoms with E-state index in [2.05, 4.69) is 9.88 Å². The molecule has 0 spiro atoms. The lowest BCUT2D eigenvalue weighted by Gasteiger charge is -2.31. The monoisotopic (exact) mass is 342 g/mol. The molecule has 0 aliphatic carbocycles. The molecule has 25 heavy (non-hydrogen) atoms. The number of carbonyl (C=O) groups excluding carboxylic acids is 1. The number of ketones is 1. The zero-order chi connectivity index (χ0) is 17.5. The number of carbonyl (C=O) groups is 1. The van der Waals surface area contributed by atoms with Crippen molar-refractivity contribution in [3.05, 3.63) is 60.2 Å². The number of Topliss-reactive ketones (excluding diaryl/α,β-unsaturated/α-hetero) is 1. The van der Waals surface area contributed by atoms with Crippen molar-refractivity contribution in [3.8, 4) is 5.75 Å². The normalized spacial score (nSPS) is 15.9. The molecule has 2 aromatic rings. The summed E-state index contributed by atoms with van der Waals surface area (Å²) >= 11 is 0. The molecule has 0 bridgehead atoms. The summed E-state index contributed by atoms with van der Waals surface area (Å²) in [5, 5.41) is 0. The van der Waals surface area contributed by atoms with Gasteiger partial charge < -0.3 is 9.64 Å². The molecule has 0 amide bonds. The summed E-state index contributed by atoms with van der Waals surface area (Å²) in [4.78, 5) is 18.9. The van der Waals surface area contributed by atoms with E-state index in [0.29, 0.717) is 12.2 Å².